The molecule has 74 heavy (non-hydrogen) atoms. The lowest BCUT2D eigenvalue weighted by Crippen LogP contribution is -2.71. The topological polar surface area (TPSA) is 256 Å². The van der Waals surface area contributed by atoms with Crippen molar-refractivity contribution in [1.29, 1.82) is 0 Å². The Balaban J connectivity index is 1.52. The van der Waals surface area contributed by atoms with E-state index in [1.807, 2.05) is 52.8 Å². The van der Waals surface area contributed by atoms with Gasteiger partial charge in [0.25, 0.3) is 5.91 Å². The average Bonchev–Trinajstić information content (AvgIpc) is 3.36. The number of ether oxygens (including phenoxy) is 2. The zero-order chi connectivity index (χ0) is 55.0. The van der Waals surface area contributed by atoms with E-state index in [-0.39, 0.29) is 67.1 Å². The summed E-state index contributed by atoms with van der Waals surface area (Å²) in [5.41, 5.74) is 3.34. The van der Waals surface area contributed by atoms with E-state index in [4.69, 9.17) is 9.47 Å². The largest absolute Gasteiger partial charge is 0.513 e. The van der Waals surface area contributed by atoms with E-state index in [2.05, 4.69) is 28.3 Å². The summed E-state index contributed by atoms with van der Waals surface area (Å²) in [5.74, 6) is -4.34. The summed E-state index contributed by atoms with van der Waals surface area (Å²) in [6.07, 6.45) is 15.0. The predicted molar refractivity (Wildman–Crippen MR) is 284 cm³/mol. The van der Waals surface area contributed by atoms with Crippen molar-refractivity contribution >= 4 is 29.6 Å². The van der Waals surface area contributed by atoms with Crippen LogP contribution < -0.4 is 21.4 Å². The van der Waals surface area contributed by atoms with Gasteiger partial charge in [-0.05, 0) is 94.8 Å². The summed E-state index contributed by atoms with van der Waals surface area (Å²) in [6.45, 7) is 20.4. The van der Waals surface area contributed by atoms with Crippen molar-refractivity contribution in [2.75, 3.05) is 6.54 Å². The number of cyclic esters (lactones) is 1. The molecular weight excluding hydrogens is 947 g/mol. The van der Waals surface area contributed by atoms with Crippen LogP contribution in [0.5, 0.6) is 0 Å². The Hall–Kier alpha value is -4.65. The number of carbonyl (C=O) groups excluding carboxylic acids is 5. The van der Waals surface area contributed by atoms with Gasteiger partial charge >= 0.3 is 5.97 Å². The average molecular weight is 1040 g/mol. The molecule has 416 valence electrons. The van der Waals surface area contributed by atoms with Crippen LogP contribution in [0.25, 0.3) is 0 Å². The first-order chi connectivity index (χ1) is 35.0. The molecule has 1 spiro atoms. The van der Waals surface area contributed by atoms with Crippen molar-refractivity contribution in [3.63, 3.8) is 0 Å². The van der Waals surface area contributed by atoms with Gasteiger partial charge < -0.3 is 51.0 Å². The molecule has 9 N–H and O–H groups in total. The van der Waals surface area contributed by atoms with Crippen LogP contribution in [0.3, 0.4) is 0 Å². The van der Waals surface area contributed by atoms with E-state index in [9.17, 15) is 49.5 Å². The molecule has 0 aromatic heterocycles. The third kappa shape index (κ3) is 16.7. The SMILES string of the molecule is C/C=C(\C=C(/C)O)C[C@@H]1NC(=O)C(C(C)C)NC(=O)C[C@H](O)C(C)[C@H](O)/C=C/C=C/C[C@@H](/C(C)=C/C=C/CC[C@H](C)[C@@H](O)C[C@@H]2O[C@@]3(NC(=O)[C@@H](CC)C[C@@H]3CC)[C@@H](C)[C@@H](O)[C@H]2C)OC(=O)[C@@H]2CCCN(N2)C1=O. The summed E-state index contributed by atoms with van der Waals surface area (Å²) in [6, 6.07) is -3.17. The number of carbonyl (C=O) groups is 5. The Kier molecular flexibility index (Phi) is 24.3. The Morgan fingerprint density at radius 1 is 0.973 bits per heavy atom. The second-order valence-corrected chi connectivity index (χ2v) is 21.8. The fourth-order valence-corrected chi connectivity index (χ4v) is 10.6. The molecule has 16 atom stereocenters. The van der Waals surface area contributed by atoms with Gasteiger partial charge in [0.1, 0.15) is 30.0 Å². The van der Waals surface area contributed by atoms with E-state index in [1.54, 1.807) is 52.0 Å². The molecule has 4 aliphatic heterocycles. The molecule has 4 heterocycles. The van der Waals surface area contributed by atoms with Gasteiger partial charge in [0.15, 0.2) is 0 Å². The fourth-order valence-electron chi connectivity index (χ4n) is 10.6. The number of rotatable bonds is 14. The van der Waals surface area contributed by atoms with E-state index < -0.39 is 96.0 Å². The molecule has 4 rings (SSSR count). The first kappa shape index (κ1) is 61.9. The molecule has 3 saturated heterocycles. The van der Waals surface area contributed by atoms with Gasteiger partial charge in [-0.25, -0.2) is 5.43 Å². The highest BCUT2D eigenvalue weighted by Crippen LogP contribution is 2.47. The highest BCUT2D eigenvalue weighted by Gasteiger charge is 2.58. The number of aliphatic hydroxyl groups is 5. The highest BCUT2D eigenvalue weighted by atomic mass is 16.5. The summed E-state index contributed by atoms with van der Waals surface area (Å²) < 4.78 is 13.0. The molecule has 3 fully saturated rings. The predicted octanol–water partition coefficient (Wildman–Crippen LogP) is 6.05. The van der Waals surface area contributed by atoms with Crippen molar-refractivity contribution in [3.05, 3.63) is 71.6 Å². The van der Waals surface area contributed by atoms with Crippen LogP contribution in [-0.2, 0) is 33.4 Å². The third-order valence-electron chi connectivity index (χ3n) is 16.0. The molecule has 0 aromatic rings. The second-order valence-electron chi connectivity index (χ2n) is 21.8. The van der Waals surface area contributed by atoms with E-state index in [0.717, 1.165) is 18.4 Å². The summed E-state index contributed by atoms with van der Waals surface area (Å²) in [5, 5.41) is 65.0. The second kappa shape index (κ2) is 29.0. The molecule has 0 aromatic carbocycles. The maximum atomic E-state index is 14.4. The Bertz CT molecular complexity index is 2080. The number of hydrogen-bond donors (Lipinski definition) is 9. The molecular formula is C57H91N5O12. The van der Waals surface area contributed by atoms with Crippen molar-refractivity contribution in [2.24, 2.45) is 41.4 Å². The van der Waals surface area contributed by atoms with E-state index >= 15 is 0 Å². The summed E-state index contributed by atoms with van der Waals surface area (Å²) >= 11 is 0. The number of esters is 1. The van der Waals surface area contributed by atoms with Crippen LogP contribution >= 0.6 is 0 Å². The number of aliphatic hydroxyl groups excluding tert-OH is 5. The quantitative estimate of drug-likeness (QED) is 0.0546. The van der Waals surface area contributed by atoms with Crippen LogP contribution in [0.4, 0.5) is 0 Å². The van der Waals surface area contributed by atoms with Crippen LogP contribution in [0.1, 0.15) is 147 Å². The molecule has 17 heteroatoms. The van der Waals surface area contributed by atoms with Crippen molar-refractivity contribution < 1.29 is 59.0 Å². The Labute approximate surface area is 440 Å². The number of hydrazine groups is 1. The number of piperidine rings is 1. The minimum absolute atomic E-state index is 0.00103. The molecule has 4 amide bonds. The maximum absolute atomic E-state index is 14.4. The first-order valence-electron chi connectivity index (χ1n) is 27.3. The Morgan fingerprint density at radius 3 is 2.34 bits per heavy atom. The minimum Gasteiger partial charge on any atom is -0.513 e. The molecule has 17 nitrogen and oxygen atoms in total. The van der Waals surface area contributed by atoms with E-state index in [1.165, 1.54) is 24.1 Å². The molecule has 2 bridgehead atoms. The van der Waals surface area contributed by atoms with Crippen LogP contribution in [0, 0.1) is 41.4 Å². The van der Waals surface area contributed by atoms with Crippen LogP contribution in [0.15, 0.2) is 71.6 Å². The van der Waals surface area contributed by atoms with Crippen molar-refractivity contribution in [1.82, 2.24) is 26.4 Å². The normalized spacial score (nSPS) is 35.8. The Morgan fingerprint density at radius 2 is 1.69 bits per heavy atom. The van der Waals surface area contributed by atoms with Gasteiger partial charge in [-0.15, -0.1) is 0 Å². The molecule has 0 radical (unpaired) electrons. The van der Waals surface area contributed by atoms with Gasteiger partial charge in [-0.1, -0.05) is 104 Å². The molecule has 0 saturated carbocycles. The van der Waals surface area contributed by atoms with Crippen molar-refractivity contribution in [3.8, 4) is 0 Å². The molecule has 4 aliphatic rings. The zero-order valence-corrected chi connectivity index (χ0v) is 46.0. The highest BCUT2D eigenvalue weighted by molar-refractivity contribution is 5.92. The van der Waals surface area contributed by atoms with Crippen molar-refractivity contribution in [2.45, 2.75) is 207 Å². The third-order valence-corrected chi connectivity index (χ3v) is 16.0. The lowest BCUT2D eigenvalue weighted by atomic mass is 9.68. The zero-order valence-electron chi connectivity index (χ0n) is 46.0. The molecule has 0 aliphatic carbocycles. The number of nitrogens with zero attached hydrogens (tertiary/aromatic N) is 1. The summed E-state index contributed by atoms with van der Waals surface area (Å²) in [4.78, 5) is 68.7. The fraction of sp³-hybridized carbons (Fsp3) is 0.702. The first-order valence-corrected chi connectivity index (χ1v) is 27.3. The van der Waals surface area contributed by atoms with Gasteiger partial charge in [-0.2, -0.15) is 0 Å². The number of allylic oxidation sites excluding steroid dienone is 8. The van der Waals surface area contributed by atoms with Gasteiger partial charge in [0.2, 0.25) is 17.7 Å². The van der Waals surface area contributed by atoms with Gasteiger partial charge in [0, 0.05) is 55.4 Å². The maximum Gasteiger partial charge on any atom is 0.325 e. The number of nitrogens with one attached hydrogen (secondary N) is 4. The number of fused-ring (bicyclic) bond motifs is 2. The number of hydrogen-bond acceptors (Lipinski definition) is 13. The standard InChI is InChI=1S/C57H91N5O12/c1-12-40(28-36(8)63)29-44-55(71)62-27-21-24-43(61-62)56(72)73-48(26-20-16-19-25-45(64)37(9)47(66)32-50(67)59-51(33(4)5)54(70)58-44)35(7)23-18-15-17-22-34(6)46(65)31-49-38(10)52(68)39(11)57(74-49)42(14-3)30-41(13-2)53(69)60-57/h12,15-16,18-20,23,25,28,33-34,37-39,41-49,51-52,61,63-66,68H,13-14,17,21-22,24,26-27,29-32H2,1-11H3,(H,58,70)(H,59,67)(H,60,69)/b18-15+,20-16+,25-19+,35-23+,36-28+,40-12+/t34-,37?,38-,39-,41-,42-,43-,44-,45+,46-,47-,48-,49-,51?,52-,57-/m0/s1. The minimum atomic E-state index is -1.26. The van der Waals surface area contributed by atoms with E-state index in [0.29, 0.717) is 44.1 Å². The smallest absolute Gasteiger partial charge is 0.325 e. The lowest BCUT2D eigenvalue weighted by molar-refractivity contribution is -0.269. The summed E-state index contributed by atoms with van der Waals surface area (Å²) in [7, 11) is 0. The van der Waals surface area contributed by atoms with Gasteiger partial charge in [0.05, 0.1) is 42.7 Å². The van der Waals surface area contributed by atoms with Crippen LogP contribution in [-0.4, -0.2) is 127 Å². The lowest BCUT2D eigenvalue weighted by Gasteiger charge is -2.57. The number of amides is 4. The monoisotopic (exact) mass is 1040 g/mol. The molecule has 2 unspecified atom stereocenters. The van der Waals surface area contributed by atoms with Crippen LogP contribution in [0.2, 0.25) is 0 Å². The van der Waals surface area contributed by atoms with Gasteiger partial charge in [-0.3, -0.25) is 29.0 Å².